The molecule has 0 aromatic rings. The molecule has 0 fully saturated rings. The fraction of sp³-hybridized carbons (Fsp3) is 1.00. The maximum absolute atomic E-state index is 5.61. The lowest BCUT2D eigenvalue weighted by Gasteiger charge is -2.10. The summed E-state index contributed by atoms with van der Waals surface area (Å²) in [6.45, 7) is 1.90. The maximum Gasteiger partial charge on any atom is 0.350 e. The molecule has 0 saturated carbocycles. The lowest BCUT2D eigenvalue weighted by Crippen LogP contribution is -2.30. The van der Waals surface area contributed by atoms with Crippen LogP contribution < -0.4 is 0 Å². The van der Waals surface area contributed by atoms with Gasteiger partial charge in [-0.15, -0.1) is 44.8 Å². The van der Waals surface area contributed by atoms with Crippen LogP contribution in [0.2, 0.25) is 6.82 Å². The van der Waals surface area contributed by atoms with Crippen molar-refractivity contribution in [3.05, 3.63) is 0 Å². The number of rotatable bonds is 2. The molecule has 1 atom stereocenters. The summed E-state index contributed by atoms with van der Waals surface area (Å²) >= 11 is 22.2. The van der Waals surface area contributed by atoms with Crippen LogP contribution in [0.5, 0.6) is 0 Å². The molecule has 0 rings (SSSR count). The molecule has 0 spiro atoms. The fourth-order valence-corrected chi connectivity index (χ4v) is 2.08. The third-order valence-corrected chi connectivity index (χ3v) is 6.50. The van der Waals surface area contributed by atoms with Crippen molar-refractivity contribution in [2.75, 3.05) is 0 Å². The summed E-state index contributed by atoms with van der Waals surface area (Å²) in [7, 11) is 0.726. The quantitative estimate of drug-likeness (QED) is 0.372. The van der Waals surface area contributed by atoms with E-state index in [4.69, 9.17) is 44.8 Å². The van der Waals surface area contributed by atoms with Crippen LogP contribution >= 0.6 is 44.8 Å². The number of alkyl halides is 1. The van der Waals surface area contributed by atoms with E-state index in [0.717, 1.165) is 7.28 Å². The van der Waals surface area contributed by atoms with Crippen molar-refractivity contribution in [3.63, 3.8) is 0 Å². The smallest absolute Gasteiger partial charge is 0.132 e. The van der Waals surface area contributed by atoms with E-state index in [-0.39, 0.29) is 4.90 Å². The maximum atomic E-state index is 5.61. The minimum Gasteiger partial charge on any atom is -0.132 e. The van der Waals surface area contributed by atoms with Crippen molar-refractivity contribution < 1.29 is 0 Å². The van der Waals surface area contributed by atoms with Gasteiger partial charge in [0.1, 0.15) is 7.28 Å². The topological polar surface area (TPSA) is 0 Å². The first-order chi connectivity index (χ1) is 3.48. The van der Waals surface area contributed by atoms with Crippen LogP contribution in [0, 0.1) is 0 Å². The summed E-state index contributed by atoms with van der Waals surface area (Å²) in [6, 6.07) is -2.58. The minimum atomic E-state index is -2.58. The van der Waals surface area contributed by atoms with Gasteiger partial charge in [-0.3, -0.25) is 0 Å². The molecule has 0 radical (unpaired) electrons. The van der Waals surface area contributed by atoms with Crippen LogP contribution in [0.3, 0.4) is 0 Å². The van der Waals surface area contributed by atoms with Crippen LogP contribution in [-0.2, 0) is 0 Å². The first kappa shape index (κ1) is 9.44. The van der Waals surface area contributed by atoms with Gasteiger partial charge in [-0.2, -0.15) is 0 Å². The Hall–Kier alpha value is 1.44. The predicted molar refractivity (Wildman–Crippen MR) is 46.0 cm³/mol. The second kappa shape index (κ2) is 3.57. The van der Waals surface area contributed by atoms with Crippen LogP contribution in [0.4, 0.5) is 0 Å². The molecule has 0 aliphatic rings. The Balaban J connectivity index is 3.62. The van der Waals surface area contributed by atoms with Crippen LogP contribution in [0.1, 0.15) is 0 Å². The average Bonchev–Trinajstić information content (AvgIpc) is 1.62. The standard InChI is InChI=1S/C2H5BCl4Si/c1-3-2(4)8(5,6)7/h2-3H,1H3. The van der Waals surface area contributed by atoms with Crippen molar-refractivity contribution in [1.29, 1.82) is 0 Å². The minimum absolute atomic E-state index is 0.243. The van der Waals surface area contributed by atoms with E-state index in [0.29, 0.717) is 0 Å². The Morgan fingerprint density at radius 1 is 1.38 bits per heavy atom. The Morgan fingerprint density at radius 2 is 1.75 bits per heavy atom. The molecule has 0 heterocycles. The molecule has 8 heavy (non-hydrogen) atoms. The molecule has 0 aliphatic carbocycles. The summed E-state index contributed by atoms with van der Waals surface area (Å²) in [5.74, 6) is 0. The molecule has 0 amide bonds. The molecule has 0 nitrogen and oxygen atoms in total. The summed E-state index contributed by atoms with van der Waals surface area (Å²) in [6.07, 6.45) is 0. The predicted octanol–water partition coefficient (Wildman–Crippen LogP) is 2.23. The van der Waals surface area contributed by atoms with E-state index in [9.17, 15) is 0 Å². The van der Waals surface area contributed by atoms with Crippen molar-refractivity contribution in [2.45, 2.75) is 11.7 Å². The van der Waals surface area contributed by atoms with Gasteiger partial charge in [0.25, 0.3) is 0 Å². The lowest BCUT2D eigenvalue weighted by molar-refractivity contribution is 1.81. The number of hydrogen-bond donors (Lipinski definition) is 0. The molecule has 0 aromatic carbocycles. The number of hydrogen-bond acceptors (Lipinski definition) is 0. The van der Waals surface area contributed by atoms with Gasteiger partial charge in [-0.25, -0.2) is 0 Å². The highest BCUT2D eigenvalue weighted by molar-refractivity contribution is 7.67. The highest BCUT2D eigenvalue weighted by atomic mass is 35.8. The van der Waals surface area contributed by atoms with Gasteiger partial charge < -0.3 is 0 Å². The van der Waals surface area contributed by atoms with Gasteiger partial charge in [-0.1, -0.05) is 6.82 Å². The van der Waals surface area contributed by atoms with E-state index < -0.39 is 6.00 Å². The summed E-state index contributed by atoms with van der Waals surface area (Å²) in [5, 5.41) is 0. The van der Waals surface area contributed by atoms with Crippen LogP contribution in [-0.4, -0.2) is 18.2 Å². The van der Waals surface area contributed by atoms with E-state index in [2.05, 4.69) is 0 Å². The molecule has 0 saturated heterocycles. The molecule has 48 valence electrons. The monoisotopic (exact) mass is 208 g/mol. The third-order valence-electron chi connectivity index (χ3n) is 0.714. The Labute approximate surface area is 69.8 Å². The van der Waals surface area contributed by atoms with Gasteiger partial charge in [-0.05, 0) is 0 Å². The highest BCUT2D eigenvalue weighted by Gasteiger charge is 2.33. The normalized spacial score (nSPS) is 15.6. The summed E-state index contributed by atoms with van der Waals surface area (Å²) < 4.78 is 0. The zero-order valence-electron chi connectivity index (χ0n) is 4.30. The van der Waals surface area contributed by atoms with E-state index in [1.165, 1.54) is 0 Å². The van der Waals surface area contributed by atoms with Crippen molar-refractivity contribution in [1.82, 2.24) is 0 Å². The van der Waals surface area contributed by atoms with Crippen LogP contribution in [0.15, 0.2) is 0 Å². The average molecular weight is 210 g/mol. The second-order valence-corrected chi connectivity index (χ2v) is 11.2. The molecule has 0 bridgehead atoms. The van der Waals surface area contributed by atoms with Gasteiger partial charge in [0.05, 0.1) is 0 Å². The molecule has 0 aliphatic heterocycles. The zero-order valence-corrected chi connectivity index (χ0v) is 8.32. The highest BCUT2D eigenvalue weighted by Crippen LogP contribution is 2.26. The molecule has 0 N–H and O–H groups in total. The first-order valence-corrected chi connectivity index (χ1v) is 7.74. The van der Waals surface area contributed by atoms with Gasteiger partial charge in [0.2, 0.25) is 0 Å². The van der Waals surface area contributed by atoms with Gasteiger partial charge >= 0.3 is 6.00 Å². The zero-order chi connectivity index (χ0) is 6.78. The van der Waals surface area contributed by atoms with Gasteiger partial charge in [0, 0.05) is 4.90 Å². The SMILES string of the molecule is CBC(Cl)[Si](Cl)(Cl)Cl. The van der Waals surface area contributed by atoms with Crippen molar-refractivity contribution >= 4 is 58.1 Å². The van der Waals surface area contributed by atoms with Crippen molar-refractivity contribution in [2.24, 2.45) is 0 Å². The molecule has 0 aromatic heterocycles. The molecule has 6 heteroatoms. The molecular weight excluding hydrogens is 205 g/mol. The summed E-state index contributed by atoms with van der Waals surface area (Å²) in [4.78, 5) is -0.243. The van der Waals surface area contributed by atoms with E-state index in [1.54, 1.807) is 0 Å². The van der Waals surface area contributed by atoms with Gasteiger partial charge in [0.15, 0.2) is 0 Å². The van der Waals surface area contributed by atoms with Crippen LogP contribution in [0.25, 0.3) is 0 Å². The molecular formula is C2H5BCl4Si. The summed E-state index contributed by atoms with van der Waals surface area (Å²) in [5.41, 5.74) is 0. The van der Waals surface area contributed by atoms with Crippen molar-refractivity contribution in [3.8, 4) is 0 Å². The first-order valence-electron chi connectivity index (χ1n) is 2.19. The number of halogens is 4. The Bertz CT molecular complexity index is 70.9. The van der Waals surface area contributed by atoms with E-state index >= 15 is 0 Å². The third kappa shape index (κ3) is 3.46. The second-order valence-electron chi connectivity index (χ2n) is 1.42. The molecule has 1 unspecified atom stereocenters. The fourth-order valence-electron chi connectivity index (χ4n) is 0.231. The van der Waals surface area contributed by atoms with E-state index in [1.807, 2.05) is 6.82 Å². The lowest BCUT2D eigenvalue weighted by atomic mass is 9.86. The largest absolute Gasteiger partial charge is 0.350 e. The Morgan fingerprint density at radius 3 is 1.75 bits per heavy atom. The Kier molecular flexibility index (Phi) is 4.21.